The first-order valence-electron chi connectivity index (χ1n) is 7.20. The summed E-state index contributed by atoms with van der Waals surface area (Å²) < 4.78 is 0. The molecule has 0 aliphatic rings. The summed E-state index contributed by atoms with van der Waals surface area (Å²) in [7, 11) is 2.11. The Morgan fingerprint density at radius 2 is 2.05 bits per heavy atom. The first-order chi connectivity index (χ1) is 9.41. The topological polar surface area (TPSA) is 52.6 Å². The number of nitrogens with one attached hydrogen (secondary N) is 1. The molecule has 2 N–H and O–H groups in total. The van der Waals surface area contributed by atoms with Gasteiger partial charge in [-0.25, -0.2) is 0 Å². The summed E-state index contributed by atoms with van der Waals surface area (Å²) in [6, 6.07) is 5.60. The van der Waals surface area contributed by atoms with Gasteiger partial charge in [-0.3, -0.25) is 4.79 Å². The zero-order valence-electron chi connectivity index (χ0n) is 12.9. The van der Waals surface area contributed by atoms with E-state index in [0.717, 1.165) is 24.9 Å². The predicted octanol–water partition coefficient (Wildman–Crippen LogP) is 2.55. The third-order valence-corrected chi connectivity index (χ3v) is 3.50. The van der Waals surface area contributed by atoms with Crippen LogP contribution in [0.4, 0.5) is 0 Å². The van der Waals surface area contributed by atoms with Gasteiger partial charge in [0, 0.05) is 12.6 Å². The maximum atomic E-state index is 11.9. The standard InChI is InChI=1S/C16H26N2O2/c1-12(2)18(4)10-6-5-9-17-16(20)14-11-13(3)7-8-15(14)19/h7-8,11-12,19H,5-6,9-10H2,1-4H3,(H,17,20). The summed E-state index contributed by atoms with van der Waals surface area (Å²) in [5, 5.41) is 12.5. The molecular formula is C16H26N2O2. The third kappa shape index (κ3) is 5.21. The quantitative estimate of drug-likeness (QED) is 0.754. The molecule has 20 heavy (non-hydrogen) atoms. The van der Waals surface area contributed by atoms with E-state index in [9.17, 15) is 9.90 Å². The number of benzene rings is 1. The molecule has 0 heterocycles. The van der Waals surface area contributed by atoms with Crippen molar-refractivity contribution >= 4 is 5.91 Å². The van der Waals surface area contributed by atoms with Crippen LogP contribution in [-0.4, -0.2) is 42.1 Å². The molecular weight excluding hydrogens is 252 g/mol. The SMILES string of the molecule is Cc1ccc(O)c(C(=O)NCCCCN(C)C(C)C)c1. The third-order valence-electron chi connectivity index (χ3n) is 3.50. The largest absolute Gasteiger partial charge is 0.507 e. The van der Waals surface area contributed by atoms with Gasteiger partial charge in [-0.2, -0.15) is 0 Å². The van der Waals surface area contributed by atoms with Crippen LogP contribution in [0.1, 0.15) is 42.6 Å². The first-order valence-corrected chi connectivity index (χ1v) is 7.20. The average Bonchev–Trinajstić information content (AvgIpc) is 2.40. The lowest BCUT2D eigenvalue weighted by atomic mass is 10.1. The van der Waals surface area contributed by atoms with E-state index < -0.39 is 0 Å². The molecule has 1 amide bonds. The lowest BCUT2D eigenvalue weighted by Gasteiger charge is -2.20. The molecule has 0 saturated carbocycles. The van der Waals surface area contributed by atoms with Crippen molar-refractivity contribution in [3.63, 3.8) is 0 Å². The van der Waals surface area contributed by atoms with Crippen LogP contribution in [0.15, 0.2) is 18.2 Å². The fourth-order valence-corrected chi connectivity index (χ4v) is 1.87. The van der Waals surface area contributed by atoms with Gasteiger partial charge in [0.2, 0.25) is 0 Å². The lowest BCUT2D eigenvalue weighted by Crippen LogP contribution is -2.29. The molecule has 0 atom stereocenters. The molecule has 4 nitrogen and oxygen atoms in total. The second kappa shape index (κ2) is 7.90. The number of rotatable bonds is 7. The number of aryl methyl sites for hydroxylation is 1. The lowest BCUT2D eigenvalue weighted by molar-refractivity contribution is 0.0949. The number of unbranched alkanes of at least 4 members (excludes halogenated alkanes) is 1. The molecule has 0 aliphatic heterocycles. The minimum absolute atomic E-state index is 0.0349. The zero-order valence-corrected chi connectivity index (χ0v) is 12.9. The Morgan fingerprint density at radius 3 is 2.70 bits per heavy atom. The number of hydrogen-bond donors (Lipinski definition) is 2. The van der Waals surface area contributed by atoms with Crippen LogP contribution in [0.25, 0.3) is 0 Å². The van der Waals surface area contributed by atoms with Gasteiger partial charge in [-0.15, -0.1) is 0 Å². The molecule has 0 saturated heterocycles. The molecule has 1 aromatic carbocycles. The summed E-state index contributed by atoms with van der Waals surface area (Å²) in [5.74, 6) is -0.170. The number of aromatic hydroxyl groups is 1. The summed E-state index contributed by atoms with van der Waals surface area (Å²) in [4.78, 5) is 14.2. The van der Waals surface area contributed by atoms with Gasteiger partial charge in [-0.05, 0) is 59.3 Å². The van der Waals surface area contributed by atoms with Crippen LogP contribution in [-0.2, 0) is 0 Å². The number of nitrogens with zero attached hydrogens (tertiary/aromatic N) is 1. The van der Waals surface area contributed by atoms with E-state index >= 15 is 0 Å². The van der Waals surface area contributed by atoms with Gasteiger partial charge in [0.05, 0.1) is 5.56 Å². The van der Waals surface area contributed by atoms with Gasteiger partial charge in [0.25, 0.3) is 5.91 Å². The summed E-state index contributed by atoms with van der Waals surface area (Å²) in [6.07, 6.45) is 1.99. The molecule has 4 heteroatoms. The zero-order chi connectivity index (χ0) is 15.1. The van der Waals surface area contributed by atoms with Gasteiger partial charge >= 0.3 is 0 Å². The smallest absolute Gasteiger partial charge is 0.255 e. The second-order valence-electron chi connectivity index (χ2n) is 5.56. The highest BCUT2D eigenvalue weighted by molar-refractivity contribution is 5.96. The van der Waals surface area contributed by atoms with Crippen LogP contribution in [0.2, 0.25) is 0 Å². The monoisotopic (exact) mass is 278 g/mol. The van der Waals surface area contributed by atoms with Gasteiger partial charge < -0.3 is 15.3 Å². The van der Waals surface area contributed by atoms with Crippen LogP contribution >= 0.6 is 0 Å². The van der Waals surface area contributed by atoms with Crippen LogP contribution in [0.3, 0.4) is 0 Å². The number of carbonyl (C=O) groups excluding carboxylic acids is 1. The number of amides is 1. The van der Waals surface area contributed by atoms with E-state index in [1.54, 1.807) is 18.2 Å². The van der Waals surface area contributed by atoms with E-state index in [1.165, 1.54) is 0 Å². The highest BCUT2D eigenvalue weighted by atomic mass is 16.3. The number of carbonyl (C=O) groups is 1. The molecule has 0 radical (unpaired) electrons. The minimum atomic E-state index is -0.205. The van der Waals surface area contributed by atoms with Crippen molar-refractivity contribution in [2.24, 2.45) is 0 Å². The van der Waals surface area contributed by atoms with Crippen molar-refractivity contribution in [3.8, 4) is 5.75 Å². The Morgan fingerprint density at radius 1 is 1.35 bits per heavy atom. The van der Waals surface area contributed by atoms with Crippen molar-refractivity contribution in [1.82, 2.24) is 10.2 Å². The molecule has 1 rings (SSSR count). The first kappa shape index (κ1) is 16.5. The van der Waals surface area contributed by atoms with Gasteiger partial charge in [0.1, 0.15) is 5.75 Å². The normalized spacial score (nSPS) is 11.1. The number of phenolic OH excluding ortho intramolecular Hbond substituents is 1. The van der Waals surface area contributed by atoms with E-state index in [-0.39, 0.29) is 11.7 Å². The molecule has 1 aromatic rings. The van der Waals surface area contributed by atoms with E-state index in [4.69, 9.17) is 0 Å². The Bertz CT molecular complexity index is 444. The van der Waals surface area contributed by atoms with Crippen molar-refractivity contribution < 1.29 is 9.90 Å². The molecule has 0 unspecified atom stereocenters. The van der Waals surface area contributed by atoms with Crippen molar-refractivity contribution in [2.75, 3.05) is 20.1 Å². The number of phenols is 1. The van der Waals surface area contributed by atoms with Gasteiger partial charge in [-0.1, -0.05) is 11.6 Å². The van der Waals surface area contributed by atoms with E-state index in [2.05, 4.69) is 31.1 Å². The Balaban J connectivity index is 2.32. The average molecular weight is 278 g/mol. The van der Waals surface area contributed by atoms with Crippen LogP contribution in [0, 0.1) is 6.92 Å². The molecule has 112 valence electrons. The van der Waals surface area contributed by atoms with Crippen LogP contribution < -0.4 is 5.32 Å². The second-order valence-corrected chi connectivity index (χ2v) is 5.56. The van der Waals surface area contributed by atoms with Gasteiger partial charge in [0.15, 0.2) is 0 Å². The van der Waals surface area contributed by atoms with Crippen molar-refractivity contribution in [3.05, 3.63) is 29.3 Å². The van der Waals surface area contributed by atoms with Crippen LogP contribution in [0.5, 0.6) is 5.75 Å². The maximum absolute atomic E-state index is 11.9. The minimum Gasteiger partial charge on any atom is -0.507 e. The van der Waals surface area contributed by atoms with Crippen molar-refractivity contribution in [2.45, 2.75) is 39.7 Å². The maximum Gasteiger partial charge on any atom is 0.255 e. The molecule has 0 bridgehead atoms. The molecule has 0 aliphatic carbocycles. The Hall–Kier alpha value is -1.55. The van der Waals surface area contributed by atoms with E-state index in [0.29, 0.717) is 18.2 Å². The predicted molar refractivity (Wildman–Crippen MR) is 82.2 cm³/mol. The summed E-state index contributed by atoms with van der Waals surface area (Å²) >= 11 is 0. The molecule has 0 spiro atoms. The summed E-state index contributed by atoms with van der Waals surface area (Å²) in [5.41, 5.74) is 1.32. The van der Waals surface area contributed by atoms with E-state index in [1.807, 2.05) is 6.92 Å². The highest BCUT2D eigenvalue weighted by Crippen LogP contribution is 2.17. The highest BCUT2D eigenvalue weighted by Gasteiger charge is 2.10. The fraction of sp³-hybridized carbons (Fsp3) is 0.562. The summed E-state index contributed by atoms with van der Waals surface area (Å²) in [6.45, 7) is 7.91. The molecule has 0 aromatic heterocycles. The molecule has 0 fully saturated rings. The Labute approximate surface area is 121 Å². The number of hydrogen-bond acceptors (Lipinski definition) is 3. The Kier molecular flexibility index (Phi) is 6.52. The fourth-order valence-electron chi connectivity index (χ4n) is 1.87. The van der Waals surface area contributed by atoms with Crippen molar-refractivity contribution in [1.29, 1.82) is 0 Å².